The fraction of sp³-hybridized carbons (Fsp3) is 0.160. The van der Waals surface area contributed by atoms with Crippen molar-refractivity contribution in [3.05, 3.63) is 83.9 Å². The molecule has 0 unspecified atom stereocenters. The molecule has 0 bridgehead atoms. The lowest BCUT2D eigenvalue weighted by atomic mass is 10.2. The number of amides is 1. The van der Waals surface area contributed by atoms with E-state index >= 15 is 0 Å². The highest BCUT2D eigenvalue weighted by molar-refractivity contribution is 7.92. The molecule has 0 spiro atoms. The molecule has 188 valence electrons. The number of carbonyl (C=O) groups excluding carboxylic acids is 2. The molecule has 0 radical (unpaired) electrons. The lowest BCUT2D eigenvalue weighted by Gasteiger charge is -2.25. The zero-order chi connectivity index (χ0) is 26.1. The number of methoxy groups -OCH3 is 2. The first-order valence-corrected chi connectivity index (χ1v) is 12.1. The molecule has 10 nitrogen and oxygen atoms in total. The minimum Gasteiger partial charge on any atom is -0.493 e. The van der Waals surface area contributed by atoms with Gasteiger partial charge in [0.1, 0.15) is 6.54 Å². The van der Waals surface area contributed by atoms with Crippen LogP contribution in [0.4, 0.5) is 10.5 Å². The molecule has 0 heterocycles. The number of rotatable bonds is 9. The summed E-state index contributed by atoms with van der Waals surface area (Å²) in [5.74, 6) is -0.257. The van der Waals surface area contributed by atoms with Crippen LogP contribution in [-0.4, -0.2) is 47.5 Å². The van der Waals surface area contributed by atoms with Crippen molar-refractivity contribution in [2.75, 3.05) is 25.1 Å². The molecule has 11 heteroatoms. The Morgan fingerprint density at radius 3 is 2.33 bits per heavy atom. The van der Waals surface area contributed by atoms with E-state index in [9.17, 15) is 18.0 Å². The van der Waals surface area contributed by atoms with E-state index in [0.29, 0.717) is 16.8 Å². The van der Waals surface area contributed by atoms with Crippen LogP contribution in [0.1, 0.15) is 11.1 Å². The summed E-state index contributed by atoms with van der Waals surface area (Å²) in [6, 6.07) is 19.4. The van der Waals surface area contributed by atoms with E-state index < -0.39 is 28.6 Å². The number of benzene rings is 3. The van der Waals surface area contributed by atoms with Gasteiger partial charge in [0.15, 0.2) is 11.5 Å². The smallest absolute Gasteiger partial charge is 0.493 e. The lowest BCUT2D eigenvalue weighted by Crippen LogP contribution is -2.40. The second-order valence-electron chi connectivity index (χ2n) is 7.37. The van der Waals surface area contributed by atoms with E-state index in [1.165, 1.54) is 44.7 Å². The van der Waals surface area contributed by atoms with E-state index in [0.717, 1.165) is 4.31 Å². The van der Waals surface area contributed by atoms with E-state index in [-0.39, 0.29) is 16.4 Å². The van der Waals surface area contributed by atoms with Crippen molar-refractivity contribution in [1.29, 1.82) is 0 Å². The fourth-order valence-corrected chi connectivity index (χ4v) is 4.69. The molecule has 0 aliphatic carbocycles. The Balaban J connectivity index is 1.78. The van der Waals surface area contributed by atoms with Crippen LogP contribution in [0.5, 0.6) is 11.5 Å². The van der Waals surface area contributed by atoms with Gasteiger partial charge in [0.25, 0.3) is 15.9 Å². The predicted molar refractivity (Wildman–Crippen MR) is 134 cm³/mol. The number of carbonyl (C=O) groups is 2. The molecule has 0 saturated carbocycles. The summed E-state index contributed by atoms with van der Waals surface area (Å²) in [6.45, 7) is 1.27. The third-order valence-electron chi connectivity index (χ3n) is 4.95. The molecule has 0 aliphatic heterocycles. The van der Waals surface area contributed by atoms with Gasteiger partial charge in [0.05, 0.1) is 31.0 Å². The quantitative estimate of drug-likeness (QED) is 0.202. The van der Waals surface area contributed by atoms with Gasteiger partial charge in [-0.1, -0.05) is 36.4 Å². The van der Waals surface area contributed by atoms with Crippen LogP contribution >= 0.6 is 0 Å². The highest BCUT2D eigenvalue weighted by Gasteiger charge is 2.28. The average molecular weight is 512 g/mol. The monoisotopic (exact) mass is 511 g/mol. The Morgan fingerprint density at radius 1 is 0.972 bits per heavy atom. The molecule has 0 fully saturated rings. The minimum absolute atomic E-state index is 0.0610. The molecular weight excluding hydrogens is 486 g/mol. The molecule has 1 N–H and O–H groups in total. The summed E-state index contributed by atoms with van der Waals surface area (Å²) in [4.78, 5) is 24.1. The standard InChI is InChI=1S/C25H25N3O7S/c1-18-9-7-8-12-21(18)28(36(31,32)20-10-5-4-6-11-20)17-24(29)27-26-16-19-13-14-22(23(15-19)33-2)35-25(30)34-3/h4-16H,17H2,1-3H3,(H,27,29)/b26-16-. The van der Waals surface area contributed by atoms with Crippen molar-refractivity contribution in [2.45, 2.75) is 11.8 Å². The number of nitrogens with zero attached hydrogens (tertiary/aromatic N) is 2. The first-order valence-electron chi connectivity index (χ1n) is 10.7. The number of sulfonamides is 1. The molecule has 3 rings (SSSR count). The van der Waals surface area contributed by atoms with Crippen molar-refractivity contribution in [1.82, 2.24) is 5.43 Å². The molecule has 1 amide bonds. The van der Waals surface area contributed by atoms with Crippen LogP contribution in [-0.2, 0) is 19.6 Å². The minimum atomic E-state index is -4.02. The SMILES string of the molecule is COC(=O)Oc1ccc(/C=N\NC(=O)CN(c2ccccc2C)S(=O)(=O)c2ccccc2)cc1OC. The Hall–Kier alpha value is -4.38. The number of nitrogens with one attached hydrogen (secondary N) is 1. The summed E-state index contributed by atoms with van der Waals surface area (Å²) < 4.78 is 42.4. The van der Waals surface area contributed by atoms with Gasteiger partial charge in [-0.15, -0.1) is 0 Å². The first kappa shape index (κ1) is 26.2. The van der Waals surface area contributed by atoms with E-state index in [2.05, 4.69) is 15.3 Å². The number of hydrogen-bond donors (Lipinski definition) is 1. The van der Waals surface area contributed by atoms with E-state index in [1.54, 1.807) is 55.5 Å². The van der Waals surface area contributed by atoms with Crippen LogP contribution in [0, 0.1) is 6.92 Å². The number of hydrazone groups is 1. The zero-order valence-electron chi connectivity index (χ0n) is 19.9. The molecule has 0 atom stereocenters. The topological polar surface area (TPSA) is 124 Å². The fourth-order valence-electron chi connectivity index (χ4n) is 3.19. The number of aryl methyl sites for hydroxylation is 1. The number of ether oxygens (including phenoxy) is 3. The zero-order valence-corrected chi connectivity index (χ0v) is 20.7. The van der Waals surface area contributed by atoms with E-state index in [4.69, 9.17) is 9.47 Å². The molecule has 3 aromatic rings. The van der Waals surface area contributed by atoms with Gasteiger partial charge in [0.2, 0.25) is 0 Å². The Morgan fingerprint density at radius 2 is 1.67 bits per heavy atom. The van der Waals surface area contributed by atoms with Crippen LogP contribution in [0.15, 0.2) is 82.8 Å². The van der Waals surface area contributed by atoms with Crippen molar-refractivity contribution in [2.24, 2.45) is 5.10 Å². The van der Waals surface area contributed by atoms with Crippen molar-refractivity contribution in [3.8, 4) is 11.5 Å². The third-order valence-corrected chi connectivity index (χ3v) is 6.73. The maximum Gasteiger partial charge on any atom is 0.513 e. The highest BCUT2D eigenvalue weighted by Crippen LogP contribution is 2.28. The van der Waals surface area contributed by atoms with Crippen molar-refractivity contribution < 1.29 is 32.2 Å². The maximum atomic E-state index is 13.4. The van der Waals surface area contributed by atoms with Gasteiger partial charge >= 0.3 is 6.16 Å². The second-order valence-corrected chi connectivity index (χ2v) is 9.23. The van der Waals surface area contributed by atoms with Crippen LogP contribution in [0.3, 0.4) is 0 Å². The summed E-state index contributed by atoms with van der Waals surface area (Å²) in [7, 11) is -1.44. The predicted octanol–water partition coefficient (Wildman–Crippen LogP) is 3.49. The van der Waals surface area contributed by atoms with Crippen LogP contribution < -0.4 is 19.2 Å². The lowest BCUT2D eigenvalue weighted by molar-refractivity contribution is -0.119. The third kappa shape index (κ3) is 6.39. The van der Waals surface area contributed by atoms with Gasteiger partial charge in [-0.3, -0.25) is 9.10 Å². The van der Waals surface area contributed by atoms with Crippen LogP contribution in [0.2, 0.25) is 0 Å². The van der Waals surface area contributed by atoms with Crippen molar-refractivity contribution >= 4 is 34.0 Å². The molecule has 0 aromatic heterocycles. The Labute approximate surface area is 209 Å². The average Bonchev–Trinajstić information content (AvgIpc) is 2.89. The van der Waals surface area contributed by atoms with E-state index in [1.807, 2.05) is 0 Å². The van der Waals surface area contributed by atoms with Crippen molar-refractivity contribution in [3.63, 3.8) is 0 Å². The summed E-state index contributed by atoms with van der Waals surface area (Å²) in [5, 5.41) is 3.91. The second kappa shape index (κ2) is 11.8. The van der Waals surface area contributed by atoms with Gasteiger partial charge in [-0.05, 0) is 54.4 Å². The van der Waals surface area contributed by atoms with Gasteiger partial charge in [-0.25, -0.2) is 18.6 Å². The molecule has 0 aliphatic rings. The molecule has 36 heavy (non-hydrogen) atoms. The Bertz CT molecular complexity index is 1360. The summed E-state index contributed by atoms with van der Waals surface area (Å²) in [5.41, 5.74) is 3.94. The first-order chi connectivity index (χ1) is 17.3. The largest absolute Gasteiger partial charge is 0.513 e. The van der Waals surface area contributed by atoms with Gasteiger partial charge in [-0.2, -0.15) is 5.10 Å². The van der Waals surface area contributed by atoms with Gasteiger partial charge in [0, 0.05) is 0 Å². The molecule has 3 aromatic carbocycles. The summed E-state index contributed by atoms with van der Waals surface area (Å²) in [6.07, 6.45) is 0.442. The number of hydrogen-bond acceptors (Lipinski definition) is 8. The van der Waals surface area contributed by atoms with Crippen LogP contribution in [0.25, 0.3) is 0 Å². The molecular formula is C25H25N3O7S. The number of para-hydroxylation sites is 1. The normalized spacial score (nSPS) is 11.1. The highest BCUT2D eigenvalue weighted by atomic mass is 32.2. The maximum absolute atomic E-state index is 13.4. The molecule has 0 saturated heterocycles. The van der Waals surface area contributed by atoms with Gasteiger partial charge < -0.3 is 14.2 Å². The summed E-state index contributed by atoms with van der Waals surface area (Å²) >= 11 is 0. The number of anilines is 1. The Kier molecular flexibility index (Phi) is 8.63.